The molecule has 0 heterocycles. The molecule has 0 saturated heterocycles. The minimum absolute atomic E-state index is 0.0779. The molecule has 1 aromatic rings. The third kappa shape index (κ3) is 6.48. The molecule has 0 amide bonds. The lowest BCUT2D eigenvalue weighted by molar-refractivity contribution is -0.134. The van der Waals surface area contributed by atoms with Gasteiger partial charge in [-0.1, -0.05) is 6.92 Å². The Balaban J connectivity index is 2.79. The first-order valence-electron chi connectivity index (χ1n) is 6.50. The van der Waals surface area contributed by atoms with Crippen LogP contribution in [0.4, 0.5) is 13.2 Å². The Hall–Kier alpha value is -1.76. The zero-order chi connectivity index (χ0) is 15.9. The number of alkyl halides is 3. The third-order valence-corrected chi connectivity index (χ3v) is 2.59. The van der Waals surface area contributed by atoms with Gasteiger partial charge < -0.3 is 14.8 Å². The molecule has 0 aliphatic rings. The van der Waals surface area contributed by atoms with Crippen LogP contribution in [0.2, 0.25) is 0 Å². The first-order valence-corrected chi connectivity index (χ1v) is 6.50. The largest absolute Gasteiger partial charge is 0.497 e. The molecule has 0 saturated carbocycles. The van der Waals surface area contributed by atoms with Crippen molar-refractivity contribution in [2.45, 2.75) is 32.5 Å². The monoisotopic (exact) mass is 305 g/mol. The number of hydrogen-bond acceptors (Lipinski definition) is 4. The molecule has 1 rings (SSSR count). The van der Waals surface area contributed by atoms with Crippen LogP contribution >= 0.6 is 0 Å². The van der Waals surface area contributed by atoms with E-state index in [4.69, 9.17) is 9.47 Å². The lowest BCUT2D eigenvalue weighted by atomic mass is 10.2. The lowest BCUT2D eigenvalue weighted by Crippen LogP contribution is -2.28. The second kappa shape index (κ2) is 7.87. The van der Waals surface area contributed by atoms with Gasteiger partial charge in [0.2, 0.25) is 0 Å². The van der Waals surface area contributed by atoms with Gasteiger partial charge in [0.15, 0.2) is 0 Å². The van der Waals surface area contributed by atoms with E-state index in [0.29, 0.717) is 17.7 Å². The molecule has 0 aliphatic carbocycles. The van der Waals surface area contributed by atoms with Crippen LogP contribution < -0.4 is 14.8 Å². The van der Waals surface area contributed by atoms with Crippen LogP contribution in [0.25, 0.3) is 0 Å². The predicted octanol–water partition coefficient (Wildman–Crippen LogP) is 3.05. The smallest absolute Gasteiger partial charge is 0.401 e. The van der Waals surface area contributed by atoms with Crippen LogP contribution in [0.3, 0.4) is 0 Å². The van der Waals surface area contributed by atoms with Crippen molar-refractivity contribution in [1.82, 2.24) is 5.32 Å². The number of nitrogens with one attached hydrogen (secondary N) is 1. The highest BCUT2D eigenvalue weighted by molar-refractivity contribution is 5.72. The molecular weight excluding hydrogens is 287 g/mol. The van der Waals surface area contributed by atoms with E-state index in [0.717, 1.165) is 0 Å². The van der Waals surface area contributed by atoms with Gasteiger partial charge >= 0.3 is 12.1 Å². The Morgan fingerprint density at radius 1 is 1.33 bits per heavy atom. The molecule has 1 aromatic carbocycles. The summed E-state index contributed by atoms with van der Waals surface area (Å²) in [5.74, 6) is 0.303. The van der Waals surface area contributed by atoms with Crippen LogP contribution in [0.1, 0.15) is 25.3 Å². The second-order valence-electron chi connectivity index (χ2n) is 4.42. The number of carbonyl (C=O) groups excluding carboxylic acids is 1. The fourth-order valence-electron chi connectivity index (χ4n) is 1.64. The van der Waals surface area contributed by atoms with Crippen molar-refractivity contribution in [3.8, 4) is 11.5 Å². The summed E-state index contributed by atoms with van der Waals surface area (Å²) in [7, 11) is 1.45. The first-order chi connectivity index (χ1) is 9.85. The Bertz CT molecular complexity index is 475. The number of methoxy groups -OCH3 is 1. The van der Waals surface area contributed by atoms with Crippen molar-refractivity contribution < 1.29 is 27.4 Å². The standard InChI is InChI=1S/C14H18F3NO3/c1-3-4-13(19)21-12-6-5-11(20-2)7-10(12)8-18-9-14(15,16)17/h5-7,18H,3-4,8-9H2,1-2H3. The van der Waals surface area contributed by atoms with Crippen molar-refractivity contribution in [3.63, 3.8) is 0 Å². The molecular formula is C14H18F3NO3. The topological polar surface area (TPSA) is 47.6 Å². The summed E-state index contributed by atoms with van der Waals surface area (Å²) in [4.78, 5) is 11.5. The molecule has 118 valence electrons. The molecule has 21 heavy (non-hydrogen) atoms. The highest BCUT2D eigenvalue weighted by Gasteiger charge is 2.26. The molecule has 7 heteroatoms. The van der Waals surface area contributed by atoms with E-state index < -0.39 is 18.7 Å². The van der Waals surface area contributed by atoms with Gasteiger partial charge in [-0.25, -0.2) is 0 Å². The van der Waals surface area contributed by atoms with Crippen LogP contribution in [0.15, 0.2) is 18.2 Å². The van der Waals surface area contributed by atoms with E-state index in [9.17, 15) is 18.0 Å². The Labute approximate surface area is 121 Å². The maximum Gasteiger partial charge on any atom is 0.401 e. The molecule has 0 spiro atoms. The molecule has 0 bridgehead atoms. The van der Waals surface area contributed by atoms with E-state index in [1.165, 1.54) is 19.2 Å². The van der Waals surface area contributed by atoms with Gasteiger partial charge in [-0.3, -0.25) is 4.79 Å². The van der Waals surface area contributed by atoms with Crippen LogP contribution in [-0.2, 0) is 11.3 Å². The zero-order valence-corrected chi connectivity index (χ0v) is 11.9. The van der Waals surface area contributed by atoms with E-state index in [1.54, 1.807) is 6.07 Å². The van der Waals surface area contributed by atoms with Crippen molar-refractivity contribution in [2.24, 2.45) is 0 Å². The number of benzene rings is 1. The molecule has 0 atom stereocenters. The van der Waals surface area contributed by atoms with Crippen molar-refractivity contribution in [3.05, 3.63) is 23.8 Å². The number of ether oxygens (including phenoxy) is 2. The Morgan fingerprint density at radius 2 is 2.05 bits per heavy atom. The number of rotatable bonds is 7. The molecule has 0 aliphatic heterocycles. The van der Waals surface area contributed by atoms with Gasteiger partial charge in [-0.2, -0.15) is 13.2 Å². The highest BCUT2D eigenvalue weighted by Crippen LogP contribution is 2.25. The first kappa shape index (κ1) is 17.3. The zero-order valence-electron chi connectivity index (χ0n) is 11.9. The van der Waals surface area contributed by atoms with Gasteiger partial charge in [0, 0.05) is 18.5 Å². The molecule has 1 N–H and O–H groups in total. The van der Waals surface area contributed by atoms with Gasteiger partial charge in [0.05, 0.1) is 13.7 Å². The van der Waals surface area contributed by atoms with Gasteiger partial charge in [0.1, 0.15) is 11.5 Å². The minimum atomic E-state index is -4.29. The summed E-state index contributed by atoms with van der Waals surface area (Å²) in [5, 5.41) is 2.27. The number of halogens is 3. The third-order valence-electron chi connectivity index (χ3n) is 2.59. The fraction of sp³-hybridized carbons (Fsp3) is 0.500. The average molecular weight is 305 g/mol. The summed E-state index contributed by atoms with van der Waals surface area (Å²) in [5.41, 5.74) is 0.433. The van der Waals surface area contributed by atoms with E-state index in [2.05, 4.69) is 5.32 Å². The Morgan fingerprint density at radius 3 is 2.62 bits per heavy atom. The number of esters is 1. The normalized spacial score (nSPS) is 11.3. The minimum Gasteiger partial charge on any atom is -0.497 e. The predicted molar refractivity (Wildman–Crippen MR) is 71.3 cm³/mol. The fourth-order valence-corrected chi connectivity index (χ4v) is 1.64. The Kier molecular flexibility index (Phi) is 6.48. The molecule has 0 aromatic heterocycles. The van der Waals surface area contributed by atoms with Gasteiger partial charge in [-0.05, 0) is 24.6 Å². The summed E-state index contributed by atoms with van der Waals surface area (Å²) < 4.78 is 46.6. The van der Waals surface area contributed by atoms with Gasteiger partial charge in [0.25, 0.3) is 0 Å². The second-order valence-corrected chi connectivity index (χ2v) is 4.42. The summed E-state index contributed by atoms with van der Waals surface area (Å²) in [6, 6.07) is 4.64. The number of carbonyl (C=O) groups is 1. The summed E-state index contributed by atoms with van der Waals surface area (Å²) in [6.07, 6.45) is -3.41. The quantitative estimate of drug-likeness (QED) is 0.621. The van der Waals surface area contributed by atoms with E-state index in [-0.39, 0.29) is 18.7 Å². The maximum absolute atomic E-state index is 12.1. The lowest BCUT2D eigenvalue weighted by Gasteiger charge is -2.13. The molecule has 4 nitrogen and oxygen atoms in total. The van der Waals surface area contributed by atoms with Gasteiger partial charge in [-0.15, -0.1) is 0 Å². The molecule has 0 unspecified atom stereocenters. The van der Waals surface area contributed by atoms with Crippen LogP contribution in [0.5, 0.6) is 11.5 Å². The van der Waals surface area contributed by atoms with E-state index >= 15 is 0 Å². The van der Waals surface area contributed by atoms with Crippen LogP contribution in [0, 0.1) is 0 Å². The number of hydrogen-bond donors (Lipinski definition) is 1. The van der Waals surface area contributed by atoms with Crippen molar-refractivity contribution in [1.29, 1.82) is 0 Å². The SMILES string of the molecule is CCCC(=O)Oc1ccc(OC)cc1CNCC(F)(F)F. The average Bonchev–Trinajstić information content (AvgIpc) is 2.39. The summed E-state index contributed by atoms with van der Waals surface area (Å²) in [6.45, 7) is 0.638. The highest BCUT2D eigenvalue weighted by atomic mass is 19.4. The van der Waals surface area contributed by atoms with Crippen molar-refractivity contribution >= 4 is 5.97 Å². The molecule has 0 fully saturated rings. The van der Waals surface area contributed by atoms with Crippen molar-refractivity contribution in [2.75, 3.05) is 13.7 Å². The maximum atomic E-state index is 12.1. The summed E-state index contributed by atoms with van der Waals surface area (Å²) >= 11 is 0. The van der Waals surface area contributed by atoms with Crippen LogP contribution in [-0.4, -0.2) is 25.8 Å². The van der Waals surface area contributed by atoms with E-state index in [1.807, 2.05) is 6.92 Å². The molecule has 0 radical (unpaired) electrons.